The molecule has 104 valence electrons. The van der Waals surface area contributed by atoms with Gasteiger partial charge in [0.15, 0.2) is 0 Å². The highest BCUT2D eigenvalue weighted by atomic mass is 16.2. The summed E-state index contributed by atoms with van der Waals surface area (Å²) in [7, 11) is 0. The van der Waals surface area contributed by atoms with E-state index < -0.39 is 5.91 Å². The van der Waals surface area contributed by atoms with Crippen LogP contribution < -0.4 is 5.73 Å². The van der Waals surface area contributed by atoms with Crippen LogP contribution in [0.3, 0.4) is 0 Å². The number of hydrogen-bond donors (Lipinski definition) is 1. The highest BCUT2D eigenvalue weighted by Crippen LogP contribution is 2.22. The van der Waals surface area contributed by atoms with Crippen molar-refractivity contribution in [2.45, 2.75) is 40.3 Å². The van der Waals surface area contributed by atoms with Crippen molar-refractivity contribution < 1.29 is 9.59 Å². The summed E-state index contributed by atoms with van der Waals surface area (Å²) in [4.78, 5) is 24.7. The first kappa shape index (κ1) is 13.6. The lowest BCUT2D eigenvalue weighted by Crippen LogP contribution is -2.28. The van der Waals surface area contributed by atoms with Crippen LogP contribution in [-0.4, -0.2) is 33.0 Å². The number of amides is 2. The Morgan fingerprint density at radius 2 is 2.16 bits per heavy atom. The Balaban J connectivity index is 2.16. The number of hydrogen-bond acceptors (Lipinski definition) is 3. The molecule has 2 rings (SSSR count). The minimum Gasteiger partial charge on any atom is -0.369 e. The van der Waals surface area contributed by atoms with Gasteiger partial charge >= 0.3 is 0 Å². The van der Waals surface area contributed by atoms with Gasteiger partial charge in [0, 0.05) is 37.3 Å². The maximum absolute atomic E-state index is 11.9. The molecule has 1 fully saturated rings. The molecule has 0 radical (unpaired) electrons. The summed E-state index contributed by atoms with van der Waals surface area (Å²) < 4.78 is 1.93. The van der Waals surface area contributed by atoms with Crippen molar-refractivity contribution in [2.75, 3.05) is 6.54 Å². The van der Waals surface area contributed by atoms with Crippen LogP contribution in [0.25, 0.3) is 0 Å². The lowest BCUT2D eigenvalue weighted by molar-refractivity contribution is -0.128. The zero-order chi connectivity index (χ0) is 14.2. The molecule has 0 aliphatic carbocycles. The Hall–Kier alpha value is -1.85. The molecule has 0 spiro atoms. The summed E-state index contributed by atoms with van der Waals surface area (Å²) in [6, 6.07) is 0. The van der Waals surface area contributed by atoms with Crippen LogP contribution in [0, 0.1) is 19.8 Å². The second-order valence-electron chi connectivity index (χ2n) is 5.04. The topological polar surface area (TPSA) is 81.2 Å². The summed E-state index contributed by atoms with van der Waals surface area (Å²) in [6.45, 7) is 7.73. The van der Waals surface area contributed by atoms with E-state index in [-0.39, 0.29) is 18.2 Å². The van der Waals surface area contributed by atoms with Crippen LogP contribution in [0.1, 0.15) is 30.3 Å². The van der Waals surface area contributed by atoms with Crippen LogP contribution in [0.5, 0.6) is 0 Å². The molecule has 1 aliphatic rings. The van der Waals surface area contributed by atoms with Gasteiger partial charge < -0.3 is 10.6 Å². The van der Waals surface area contributed by atoms with E-state index >= 15 is 0 Å². The molecule has 6 nitrogen and oxygen atoms in total. The minimum atomic E-state index is -0.395. The van der Waals surface area contributed by atoms with E-state index in [1.807, 2.05) is 25.5 Å². The van der Waals surface area contributed by atoms with E-state index in [1.54, 1.807) is 4.90 Å². The van der Waals surface area contributed by atoms with Crippen molar-refractivity contribution in [1.29, 1.82) is 0 Å². The predicted molar refractivity (Wildman–Crippen MR) is 70.1 cm³/mol. The largest absolute Gasteiger partial charge is 0.369 e. The smallest absolute Gasteiger partial charge is 0.223 e. The summed E-state index contributed by atoms with van der Waals surface area (Å²) in [6.07, 6.45) is 0.231. The molecule has 1 aliphatic heterocycles. The van der Waals surface area contributed by atoms with Crippen LogP contribution >= 0.6 is 0 Å². The van der Waals surface area contributed by atoms with Gasteiger partial charge in [-0.15, -0.1) is 0 Å². The quantitative estimate of drug-likeness (QED) is 0.852. The normalized spacial score (nSPS) is 19.2. The van der Waals surface area contributed by atoms with Crippen molar-refractivity contribution in [2.24, 2.45) is 11.7 Å². The third-order valence-electron chi connectivity index (χ3n) is 3.80. The summed E-state index contributed by atoms with van der Waals surface area (Å²) in [5.41, 5.74) is 8.35. The van der Waals surface area contributed by atoms with E-state index in [0.29, 0.717) is 13.1 Å². The number of aryl methyl sites for hydroxylation is 2. The van der Waals surface area contributed by atoms with Crippen LogP contribution in [0.15, 0.2) is 0 Å². The summed E-state index contributed by atoms with van der Waals surface area (Å²) in [5.74, 6) is -0.755. The van der Waals surface area contributed by atoms with Crippen molar-refractivity contribution in [3.8, 4) is 0 Å². The van der Waals surface area contributed by atoms with Gasteiger partial charge in [-0.3, -0.25) is 14.3 Å². The predicted octanol–water partition coefficient (Wildman–Crippen LogP) is 0.354. The highest BCUT2D eigenvalue weighted by molar-refractivity contribution is 5.88. The number of rotatable bonds is 4. The zero-order valence-corrected chi connectivity index (χ0v) is 11.6. The SMILES string of the molecule is CCn1nc(C)c(CN2CC(C(N)=O)CC2=O)c1C. The standard InChI is InChI=1S/C13H20N4O2/c1-4-17-9(3)11(8(2)15-17)7-16-6-10(13(14)19)5-12(16)18/h10H,4-7H2,1-3H3,(H2,14,19). The lowest BCUT2D eigenvalue weighted by atomic mass is 10.1. The zero-order valence-electron chi connectivity index (χ0n) is 11.6. The van der Waals surface area contributed by atoms with Gasteiger partial charge in [0.1, 0.15) is 0 Å². The molecule has 1 atom stereocenters. The fourth-order valence-corrected chi connectivity index (χ4v) is 2.58. The van der Waals surface area contributed by atoms with Gasteiger partial charge in [0.2, 0.25) is 11.8 Å². The molecule has 0 bridgehead atoms. The van der Waals surface area contributed by atoms with Gasteiger partial charge in [-0.1, -0.05) is 0 Å². The van der Waals surface area contributed by atoms with E-state index in [2.05, 4.69) is 5.10 Å². The fraction of sp³-hybridized carbons (Fsp3) is 0.615. The number of carbonyl (C=O) groups is 2. The second-order valence-corrected chi connectivity index (χ2v) is 5.04. The maximum atomic E-state index is 11.9. The van der Waals surface area contributed by atoms with E-state index in [9.17, 15) is 9.59 Å². The number of carbonyl (C=O) groups excluding carboxylic acids is 2. The van der Waals surface area contributed by atoms with Crippen molar-refractivity contribution in [1.82, 2.24) is 14.7 Å². The molecule has 2 heterocycles. The summed E-state index contributed by atoms with van der Waals surface area (Å²) in [5, 5.41) is 4.44. The van der Waals surface area contributed by atoms with Crippen LogP contribution in [0.2, 0.25) is 0 Å². The molecule has 0 saturated carbocycles. The molecule has 0 aromatic carbocycles. The number of aromatic nitrogens is 2. The first-order valence-corrected chi connectivity index (χ1v) is 6.54. The van der Waals surface area contributed by atoms with Crippen LogP contribution in [0.4, 0.5) is 0 Å². The number of likely N-dealkylation sites (tertiary alicyclic amines) is 1. The lowest BCUT2D eigenvalue weighted by Gasteiger charge is -2.16. The molecular weight excluding hydrogens is 244 g/mol. The Labute approximate surface area is 112 Å². The average molecular weight is 264 g/mol. The Bertz CT molecular complexity index is 521. The Kier molecular flexibility index (Phi) is 3.59. The number of primary amides is 1. The fourth-order valence-electron chi connectivity index (χ4n) is 2.58. The van der Waals surface area contributed by atoms with Gasteiger partial charge in [-0.05, 0) is 20.8 Å². The third-order valence-corrected chi connectivity index (χ3v) is 3.80. The summed E-state index contributed by atoms with van der Waals surface area (Å²) >= 11 is 0. The first-order chi connectivity index (χ1) is 8.93. The number of nitrogens with two attached hydrogens (primary N) is 1. The van der Waals surface area contributed by atoms with Crippen molar-refractivity contribution >= 4 is 11.8 Å². The highest BCUT2D eigenvalue weighted by Gasteiger charge is 2.33. The Morgan fingerprint density at radius 1 is 1.47 bits per heavy atom. The van der Waals surface area contributed by atoms with Gasteiger partial charge in [0.25, 0.3) is 0 Å². The van der Waals surface area contributed by atoms with E-state index in [4.69, 9.17) is 5.73 Å². The maximum Gasteiger partial charge on any atom is 0.223 e. The van der Waals surface area contributed by atoms with Gasteiger partial charge in [-0.25, -0.2) is 0 Å². The number of nitrogens with zero attached hydrogens (tertiary/aromatic N) is 3. The molecule has 2 N–H and O–H groups in total. The van der Waals surface area contributed by atoms with Crippen molar-refractivity contribution in [3.05, 3.63) is 17.0 Å². The molecule has 1 unspecified atom stereocenters. The average Bonchev–Trinajstić information content (AvgIpc) is 2.85. The van der Waals surface area contributed by atoms with E-state index in [1.165, 1.54) is 0 Å². The van der Waals surface area contributed by atoms with Crippen molar-refractivity contribution in [3.63, 3.8) is 0 Å². The Morgan fingerprint density at radius 3 is 2.63 bits per heavy atom. The molecular formula is C13H20N4O2. The molecule has 2 amide bonds. The molecule has 19 heavy (non-hydrogen) atoms. The second kappa shape index (κ2) is 5.03. The third kappa shape index (κ3) is 2.47. The monoisotopic (exact) mass is 264 g/mol. The molecule has 1 aromatic rings. The van der Waals surface area contributed by atoms with Gasteiger partial charge in [-0.2, -0.15) is 5.10 Å². The molecule has 6 heteroatoms. The van der Waals surface area contributed by atoms with E-state index in [0.717, 1.165) is 23.5 Å². The molecule has 1 aromatic heterocycles. The first-order valence-electron chi connectivity index (χ1n) is 6.54. The van der Waals surface area contributed by atoms with Gasteiger partial charge in [0.05, 0.1) is 11.6 Å². The molecule has 1 saturated heterocycles. The van der Waals surface area contributed by atoms with Crippen LogP contribution in [-0.2, 0) is 22.7 Å². The minimum absolute atomic E-state index is 0.00755.